The molecular formula is C14H14N4O. The SMILES string of the molecule is COc1ccc2c(-c3cnc(N)[nH]3)cc(C)nc2c1. The molecule has 0 unspecified atom stereocenters. The van der Waals surface area contributed by atoms with Gasteiger partial charge in [-0.15, -0.1) is 0 Å². The van der Waals surface area contributed by atoms with E-state index in [1.54, 1.807) is 13.3 Å². The van der Waals surface area contributed by atoms with Crippen LogP contribution in [0.2, 0.25) is 0 Å². The molecule has 0 atom stereocenters. The van der Waals surface area contributed by atoms with Crippen molar-refractivity contribution in [2.75, 3.05) is 12.8 Å². The summed E-state index contributed by atoms with van der Waals surface area (Å²) in [5.74, 6) is 1.20. The molecule has 1 aromatic carbocycles. The van der Waals surface area contributed by atoms with E-state index in [1.807, 2.05) is 31.2 Å². The van der Waals surface area contributed by atoms with Crippen molar-refractivity contribution in [3.63, 3.8) is 0 Å². The van der Waals surface area contributed by atoms with Crippen molar-refractivity contribution in [1.29, 1.82) is 0 Å². The number of nitrogens with one attached hydrogen (secondary N) is 1. The Balaban J connectivity index is 2.29. The van der Waals surface area contributed by atoms with Crippen LogP contribution in [0.1, 0.15) is 5.69 Å². The summed E-state index contributed by atoms with van der Waals surface area (Å²) in [6.45, 7) is 1.96. The van der Waals surface area contributed by atoms with Crippen LogP contribution in [-0.4, -0.2) is 22.1 Å². The van der Waals surface area contributed by atoms with Crippen LogP contribution >= 0.6 is 0 Å². The molecule has 3 aromatic rings. The molecule has 0 aliphatic rings. The molecule has 0 saturated carbocycles. The van der Waals surface area contributed by atoms with Gasteiger partial charge < -0.3 is 15.5 Å². The minimum atomic E-state index is 0.408. The van der Waals surface area contributed by atoms with E-state index in [4.69, 9.17) is 10.5 Å². The first-order valence-electron chi connectivity index (χ1n) is 5.93. The zero-order valence-electron chi connectivity index (χ0n) is 10.8. The summed E-state index contributed by atoms with van der Waals surface area (Å²) in [4.78, 5) is 11.6. The van der Waals surface area contributed by atoms with Crippen LogP contribution in [0.25, 0.3) is 22.2 Å². The van der Waals surface area contributed by atoms with Crippen LogP contribution in [0.4, 0.5) is 5.95 Å². The summed E-state index contributed by atoms with van der Waals surface area (Å²) in [5, 5.41) is 1.04. The molecule has 0 radical (unpaired) electrons. The molecule has 0 aliphatic carbocycles. The zero-order chi connectivity index (χ0) is 13.4. The maximum absolute atomic E-state index is 5.64. The van der Waals surface area contributed by atoms with E-state index in [9.17, 15) is 0 Å². The Labute approximate surface area is 110 Å². The number of nitrogen functional groups attached to an aromatic ring is 1. The maximum atomic E-state index is 5.64. The quantitative estimate of drug-likeness (QED) is 0.736. The number of aryl methyl sites for hydroxylation is 1. The number of benzene rings is 1. The third kappa shape index (κ3) is 1.99. The van der Waals surface area contributed by atoms with Crippen LogP contribution in [0.15, 0.2) is 30.5 Å². The average molecular weight is 254 g/mol. The van der Waals surface area contributed by atoms with Crippen molar-refractivity contribution < 1.29 is 4.74 Å². The molecule has 0 aliphatic heterocycles. The second-order valence-corrected chi connectivity index (χ2v) is 4.38. The van der Waals surface area contributed by atoms with Crippen LogP contribution < -0.4 is 10.5 Å². The molecule has 3 rings (SSSR count). The van der Waals surface area contributed by atoms with E-state index in [0.717, 1.165) is 33.6 Å². The minimum absolute atomic E-state index is 0.408. The molecule has 5 heteroatoms. The molecule has 0 saturated heterocycles. The molecule has 19 heavy (non-hydrogen) atoms. The number of pyridine rings is 1. The lowest BCUT2D eigenvalue weighted by Crippen LogP contribution is -1.91. The molecule has 2 aromatic heterocycles. The topological polar surface area (TPSA) is 76.8 Å². The largest absolute Gasteiger partial charge is 0.497 e. The van der Waals surface area contributed by atoms with E-state index < -0.39 is 0 Å². The number of hydrogen-bond donors (Lipinski definition) is 2. The highest BCUT2D eigenvalue weighted by atomic mass is 16.5. The van der Waals surface area contributed by atoms with Gasteiger partial charge in [0.15, 0.2) is 5.95 Å². The maximum Gasteiger partial charge on any atom is 0.197 e. The molecule has 5 nitrogen and oxygen atoms in total. The highest BCUT2D eigenvalue weighted by Crippen LogP contribution is 2.29. The second-order valence-electron chi connectivity index (χ2n) is 4.38. The number of aromatic nitrogens is 3. The fraction of sp³-hybridized carbons (Fsp3) is 0.143. The second kappa shape index (κ2) is 4.28. The van der Waals surface area contributed by atoms with Gasteiger partial charge in [0.25, 0.3) is 0 Å². The van der Waals surface area contributed by atoms with Crippen LogP contribution in [0, 0.1) is 6.92 Å². The van der Waals surface area contributed by atoms with E-state index in [2.05, 4.69) is 15.0 Å². The van der Waals surface area contributed by atoms with Gasteiger partial charge in [0, 0.05) is 22.7 Å². The number of ether oxygens (including phenoxy) is 1. The predicted molar refractivity (Wildman–Crippen MR) is 75.0 cm³/mol. The first kappa shape index (κ1) is 11.5. The normalized spacial score (nSPS) is 10.8. The number of fused-ring (bicyclic) bond motifs is 1. The van der Waals surface area contributed by atoms with Crippen molar-refractivity contribution in [3.05, 3.63) is 36.2 Å². The summed E-state index contributed by atoms with van der Waals surface area (Å²) in [7, 11) is 1.65. The standard InChI is InChI=1S/C14H14N4O/c1-8-5-11(13-7-16-14(15)18-13)10-4-3-9(19-2)6-12(10)17-8/h3-7H,1-2H3,(H3,15,16,18). The number of nitrogens with two attached hydrogens (primary N) is 1. The van der Waals surface area contributed by atoms with Gasteiger partial charge in [-0.1, -0.05) is 0 Å². The van der Waals surface area contributed by atoms with Crippen molar-refractivity contribution in [2.24, 2.45) is 0 Å². The van der Waals surface area contributed by atoms with Gasteiger partial charge in [-0.2, -0.15) is 0 Å². The van der Waals surface area contributed by atoms with E-state index in [0.29, 0.717) is 5.95 Å². The number of hydrogen-bond acceptors (Lipinski definition) is 4. The Morgan fingerprint density at radius 2 is 2.11 bits per heavy atom. The monoisotopic (exact) mass is 254 g/mol. The first-order valence-corrected chi connectivity index (χ1v) is 5.93. The van der Waals surface area contributed by atoms with Crippen molar-refractivity contribution in [3.8, 4) is 17.0 Å². The number of nitrogens with zero attached hydrogens (tertiary/aromatic N) is 2. The van der Waals surface area contributed by atoms with Gasteiger partial charge in [-0.3, -0.25) is 4.98 Å². The third-order valence-electron chi connectivity index (χ3n) is 3.03. The van der Waals surface area contributed by atoms with Gasteiger partial charge in [-0.05, 0) is 25.1 Å². The summed E-state index contributed by atoms with van der Waals surface area (Å²) in [6, 6.07) is 7.85. The third-order valence-corrected chi connectivity index (χ3v) is 3.03. The minimum Gasteiger partial charge on any atom is -0.497 e. The molecule has 0 spiro atoms. The average Bonchev–Trinajstić information content (AvgIpc) is 2.83. The van der Waals surface area contributed by atoms with E-state index >= 15 is 0 Å². The molecular weight excluding hydrogens is 240 g/mol. The number of H-pyrrole nitrogens is 1. The van der Waals surface area contributed by atoms with Gasteiger partial charge >= 0.3 is 0 Å². The van der Waals surface area contributed by atoms with Gasteiger partial charge in [0.2, 0.25) is 0 Å². The molecule has 96 valence electrons. The van der Waals surface area contributed by atoms with Crippen molar-refractivity contribution in [1.82, 2.24) is 15.0 Å². The van der Waals surface area contributed by atoms with E-state index in [-0.39, 0.29) is 0 Å². The number of aromatic amines is 1. The summed E-state index contributed by atoms with van der Waals surface area (Å²) >= 11 is 0. The highest BCUT2D eigenvalue weighted by Gasteiger charge is 2.09. The van der Waals surface area contributed by atoms with E-state index in [1.165, 1.54) is 0 Å². The van der Waals surface area contributed by atoms with Crippen LogP contribution in [0.5, 0.6) is 5.75 Å². The number of rotatable bonds is 2. The molecule has 2 heterocycles. The van der Waals surface area contributed by atoms with Crippen LogP contribution in [-0.2, 0) is 0 Å². The summed E-state index contributed by atoms with van der Waals surface area (Å²) in [5.41, 5.74) is 9.39. The highest BCUT2D eigenvalue weighted by molar-refractivity contribution is 5.94. The summed E-state index contributed by atoms with van der Waals surface area (Å²) < 4.78 is 5.23. The summed E-state index contributed by atoms with van der Waals surface area (Å²) in [6.07, 6.45) is 1.73. The van der Waals surface area contributed by atoms with Crippen molar-refractivity contribution >= 4 is 16.9 Å². The molecule has 3 N–H and O–H groups in total. The number of methoxy groups -OCH3 is 1. The molecule has 0 amide bonds. The molecule has 0 fully saturated rings. The lowest BCUT2D eigenvalue weighted by atomic mass is 10.1. The Morgan fingerprint density at radius 3 is 2.79 bits per heavy atom. The van der Waals surface area contributed by atoms with Gasteiger partial charge in [0.05, 0.1) is 24.5 Å². The first-order chi connectivity index (χ1) is 9.17. The Morgan fingerprint density at radius 1 is 1.26 bits per heavy atom. The Bertz CT molecular complexity index is 748. The Hall–Kier alpha value is -2.56. The lowest BCUT2D eigenvalue weighted by molar-refractivity contribution is 0.415. The fourth-order valence-corrected chi connectivity index (χ4v) is 2.16. The molecule has 0 bridgehead atoms. The number of imidazole rings is 1. The van der Waals surface area contributed by atoms with Gasteiger partial charge in [0.1, 0.15) is 5.75 Å². The Kier molecular flexibility index (Phi) is 2.59. The predicted octanol–water partition coefficient (Wildman–Crippen LogP) is 2.52. The lowest BCUT2D eigenvalue weighted by Gasteiger charge is -2.07. The van der Waals surface area contributed by atoms with Crippen molar-refractivity contribution in [2.45, 2.75) is 6.92 Å². The van der Waals surface area contributed by atoms with Gasteiger partial charge in [-0.25, -0.2) is 4.98 Å². The zero-order valence-corrected chi connectivity index (χ0v) is 10.8. The smallest absolute Gasteiger partial charge is 0.197 e. The van der Waals surface area contributed by atoms with Crippen LogP contribution in [0.3, 0.4) is 0 Å². The fourth-order valence-electron chi connectivity index (χ4n) is 2.16. The number of anilines is 1.